The van der Waals surface area contributed by atoms with E-state index in [4.69, 9.17) is 14.8 Å². The van der Waals surface area contributed by atoms with Gasteiger partial charge >= 0.3 is 16.5 Å². The van der Waals surface area contributed by atoms with E-state index in [1.54, 1.807) is 0 Å². The minimum absolute atomic E-state index is 0. The van der Waals surface area contributed by atoms with Crippen LogP contribution in [0.3, 0.4) is 0 Å². The van der Waals surface area contributed by atoms with Crippen molar-refractivity contribution in [2.45, 2.75) is 128 Å². The van der Waals surface area contributed by atoms with Crippen molar-refractivity contribution in [1.29, 1.82) is 0 Å². The third-order valence-corrected chi connectivity index (χ3v) is 6.96. The molecule has 3 nitrogen and oxygen atoms in total. The van der Waals surface area contributed by atoms with Crippen molar-refractivity contribution in [3.05, 3.63) is 65.1 Å². The molecule has 0 aliphatic rings. The van der Waals surface area contributed by atoms with Crippen molar-refractivity contribution >= 4 is 29.1 Å². The smallest absolute Gasteiger partial charge is 0.542 e. The van der Waals surface area contributed by atoms with E-state index < -0.39 is 0 Å². The molecule has 0 saturated heterocycles. The Morgan fingerprint density at radius 1 is 0.610 bits per heavy atom. The predicted octanol–water partition coefficient (Wildman–Crippen LogP) is 11.4. The number of benzene rings is 2. The monoisotopic (exact) mass is 602 g/mol. The Morgan fingerprint density at radius 3 is 1.00 bits per heavy atom. The Balaban J connectivity index is 0.00000382. The van der Waals surface area contributed by atoms with Crippen LogP contribution in [0.2, 0.25) is 0 Å². The average Bonchev–Trinajstić information content (AvgIpc) is 2.81. The fourth-order valence-electron chi connectivity index (χ4n) is 4.49. The molecule has 2 rings (SSSR count). The largest absolute Gasteiger partial charge is 2.00 e. The van der Waals surface area contributed by atoms with E-state index in [1.807, 2.05) is 0 Å². The number of aliphatic imine (C=N–C) groups is 2. The summed E-state index contributed by atoms with van der Waals surface area (Å²) < 4.78 is 0. The Morgan fingerprint density at radius 2 is 0.829 bits per heavy atom. The summed E-state index contributed by atoms with van der Waals surface area (Å²) in [6, 6.07) is 13.3. The van der Waals surface area contributed by atoms with E-state index in [2.05, 4.69) is 140 Å². The molecule has 2 aromatic rings. The Labute approximate surface area is 263 Å². The number of para-hydroxylation sites is 2. The predicted molar refractivity (Wildman–Crippen MR) is 178 cm³/mol. The van der Waals surface area contributed by atoms with Gasteiger partial charge in [0.15, 0.2) is 0 Å². The molecule has 0 aliphatic heterocycles. The van der Waals surface area contributed by atoms with E-state index in [-0.39, 0.29) is 27.3 Å². The quantitative estimate of drug-likeness (QED) is 0.168. The zero-order chi connectivity index (χ0) is 31.0. The van der Waals surface area contributed by atoms with Crippen molar-refractivity contribution in [2.75, 3.05) is 0 Å². The van der Waals surface area contributed by atoms with E-state index in [1.165, 1.54) is 35.5 Å². The average molecular weight is 604 g/mol. The topological polar surface area (TPSA) is 41.8 Å². The zero-order valence-corrected chi connectivity index (χ0v) is 29.5. The summed E-state index contributed by atoms with van der Waals surface area (Å²) in [6.07, 6.45) is 3.78. The number of rotatable bonds is 8. The van der Waals surface area contributed by atoms with E-state index in [0.29, 0.717) is 23.7 Å². The fraction of sp³-hybridized carbons (Fsp3) is 0.568. The van der Waals surface area contributed by atoms with Crippen molar-refractivity contribution < 1.29 is 21.3 Å². The Bertz CT molecular complexity index is 1030. The summed E-state index contributed by atoms with van der Waals surface area (Å²) in [7, 11) is 0. The first kappa shape index (κ1) is 38.8. The standard InChI is InChI=1S/C35H53N2.C2H3O.Ni/c1-22(2)26-17-15-18-27(23(3)4)32(26)36-30(34(9,10)11)21-31(35(12,13)14)37-33-28(24(5)6)19-16-20-29(33)25(7)8;1-2-3;/h15-25H,1-14H3;1H3;/q2*-1;+2. The molecule has 0 bridgehead atoms. The minimum atomic E-state index is -0.136. The van der Waals surface area contributed by atoms with Crippen molar-refractivity contribution in [3.63, 3.8) is 0 Å². The maximum atomic E-state index is 8.68. The SMILES string of the molecule is CC(C)c1cccc(C(C)C)c1N=C([CH-]C(=Nc1c(C(C)C)cccc1C(C)C)C(C)(C)C)C(C)(C)C.C[C-]=O.[Ni+2]. The molecule has 0 spiro atoms. The van der Waals surface area contributed by atoms with Crippen LogP contribution in [-0.4, -0.2) is 17.7 Å². The summed E-state index contributed by atoms with van der Waals surface area (Å²) in [5.41, 5.74) is 9.37. The summed E-state index contributed by atoms with van der Waals surface area (Å²) in [5, 5.41) is 0. The third-order valence-electron chi connectivity index (χ3n) is 6.96. The number of nitrogens with zero attached hydrogens (tertiary/aromatic N) is 2. The molecule has 0 saturated carbocycles. The van der Waals surface area contributed by atoms with Gasteiger partial charge in [-0.3, -0.25) is 16.3 Å². The van der Waals surface area contributed by atoms with E-state index >= 15 is 0 Å². The molecule has 0 N–H and O–H groups in total. The maximum absolute atomic E-state index is 8.68. The van der Waals surface area contributed by atoms with Crippen LogP contribution < -0.4 is 0 Å². The van der Waals surface area contributed by atoms with Gasteiger partial charge in [0.1, 0.15) is 0 Å². The van der Waals surface area contributed by atoms with Gasteiger partial charge in [0.25, 0.3) is 0 Å². The van der Waals surface area contributed by atoms with Crippen LogP contribution in [0.4, 0.5) is 11.4 Å². The molecule has 0 atom stereocenters. The van der Waals surface area contributed by atoms with Crippen LogP contribution in [0.25, 0.3) is 0 Å². The van der Waals surface area contributed by atoms with Gasteiger partial charge in [-0.15, -0.1) is 11.4 Å². The van der Waals surface area contributed by atoms with Gasteiger partial charge in [0.2, 0.25) is 0 Å². The Kier molecular flexibility index (Phi) is 15.6. The molecule has 4 heteroatoms. The van der Waals surface area contributed by atoms with Gasteiger partial charge in [-0.25, -0.2) is 0 Å². The molecule has 0 fully saturated rings. The van der Waals surface area contributed by atoms with Crippen LogP contribution in [0.1, 0.15) is 150 Å². The molecule has 230 valence electrons. The van der Waals surface area contributed by atoms with Crippen LogP contribution in [-0.2, 0) is 21.3 Å². The molecule has 0 aromatic heterocycles. The molecular formula is C37H56N2NiO. The van der Waals surface area contributed by atoms with Gasteiger partial charge in [0.05, 0.1) is 11.4 Å². The summed E-state index contributed by atoms with van der Waals surface area (Å²) in [5.74, 6) is 1.61. The first-order valence-electron chi connectivity index (χ1n) is 14.9. The molecule has 41 heavy (non-hydrogen) atoms. The maximum Gasteiger partial charge on any atom is 2.00 e. The fourth-order valence-corrected chi connectivity index (χ4v) is 4.49. The molecular weight excluding hydrogens is 547 g/mol. The molecule has 0 aliphatic carbocycles. The van der Waals surface area contributed by atoms with Gasteiger partial charge in [-0.2, -0.15) is 6.92 Å². The summed E-state index contributed by atoms with van der Waals surface area (Å²) in [4.78, 5) is 19.6. The van der Waals surface area contributed by atoms with Crippen LogP contribution in [0, 0.1) is 17.3 Å². The van der Waals surface area contributed by atoms with Crippen molar-refractivity contribution in [3.8, 4) is 0 Å². The molecule has 2 aromatic carbocycles. The summed E-state index contributed by atoms with van der Waals surface area (Å²) in [6.45, 7) is 33.0. The zero-order valence-electron chi connectivity index (χ0n) is 28.5. The van der Waals surface area contributed by atoms with E-state index in [0.717, 1.165) is 22.8 Å². The number of carbonyl (C=O) groups excluding carboxylic acids is 1. The third kappa shape index (κ3) is 11.2. The van der Waals surface area contributed by atoms with E-state index in [9.17, 15) is 0 Å². The molecule has 0 heterocycles. The number of hydrogen-bond donors (Lipinski definition) is 0. The second-order valence-corrected chi connectivity index (χ2v) is 14.0. The second-order valence-electron chi connectivity index (χ2n) is 14.0. The summed E-state index contributed by atoms with van der Waals surface area (Å²) >= 11 is 0. The molecule has 0 amide bonds. The van der Waals surface area contributed by atoms with Gasteiger partial charge in [0, 0.05) is 0 Å². The first-order chi connectivity index (χ1) is 18.4. The van der Waals surface area contributed by atoms with Gasteiger partial charge in [-0.1, -0.05) is 133 Å². The minimum Gasteiger partial charge on any atom is -0.542 e. The molecule has 0 unspecified atom stereocenters. The van der Waals surface area contributed by atoms with Gasteiger partial charge < -0.3 is 11.2 Å². The van der Waals surface area contributed by atoms with Crippen molar-refractivity contribution in [2.24, 2.45) is 20.8 Å². The second kappa shape index (κ2) is 16.5. The Hall–Kier alpha value is -2.19. The molecule has 0 radical (unpaired) electrons. The van der Waals surface area contributed by atoms with Crippen LogP contribution >= 0.6 is 0 Å². The van der Waals surface area contributed by atoms with Crippen molar-refractivity contribution in [1.82, 2.24) is 0 Å². The van der Waals surface area contributed by atoms with Crippen LogP contribution in [0.5, 0.6) is 0 Å². The normalized spacial score (nSPS) is 12.9. The number of hydrogen-bond acceptors (Lipinski definition) is 3. The van der Waals surface area contributed by atoms with Crippen LogP contribution in [0.15, 0.2) is 46.4 Å². The van der Waals surface area contributed by atoms with Gasteiger partial charge in [-0.05, 0) is 56.8 Å². The first-order valence-corrected chi connectivity index (χ1v) is 14.9.